The van der Waals surface area contributed by atoms with E-state index < -0.39 is 12.0 Å². The normalized spacial score (nSPS) is 12.1. The molecule has 0 unspecified atom stereocenters. The van der Waals surface area contributed by atoms with Crippen molar-refractivity contribution in [2.24, 2.45) is 11.7 Å². The van der Waals surface area contributed by atoms with E-state index in [2.05, 4.69) is 5.32 Å². The molecule has 0 bridgehead atoms. The number of rotatable bonds is 6. The van der Waals surface area contributed by atoms with Crippen molar-refractivity contribution in [1.29, 1.82) is 0 Å². The maximum atomic E-state index is 12.1. The van der Waals surface area contributed by atoms with E-state index in [0.717, 1.165) is 12.0 Å². The zero-order valence-electron chi connectivity index (χ0n) is 12.2. The van der Waals surface area contributed by atoms with Crippen LogP contribution in [-0.2, 0) is 16.0 Å². The molecule has 1 aromatic rings. The molecule has 0 fully saturated rings. The zero-order chi connectivity index (χ0) is 15.1. The van der Waals surface area contributed by atoms with E-state index in [9.17, 15) is 9.59 Å². The molecular weight excluding hydrogens is 256 g/mol. The van der Waals surface area contributed by atoms with Crippen LogP contribution in [0, 0.1) is 5.92 Å². The first-order valence-electron chi connectivity index (χ1n) is 6.67. The van der Waals surface area contributed by atoms with E-state index >= 15 is 0 Å². The minimum atomic E-state index is -0.642. The van der Waals surface area contributed by atoms with Gasteiger partial charge in [-0.05, 0) is 36.6 Å². The van der Waals surface area contributed by atoms with Crippen LogP contribution in [0.15, 0.2) is 24.3 Å². The molecule has 0 radical (unpaired) electrons. The first-order valence-corrected chi connectivity index (χ1v) is 6.67. The molecule has 1 rings (SSSR count). The second-order valence-electron chi connectivity index (χ2n) is 4.95. The molecule has 0 saturated carbocycles. The van der Waals surface area contributed by atoms with Gasteiger partial charge in [0.2, 0.25) is 0 Å². The lowest BCUT2D eigenvalue weighted by Crippen LogP contribution is -2.45. The fourth-order valence-corrected chi connectivity index (χ4v) is 1.84. The highest BCUT2D eigenvalue weighted by atomic mass is 16.5. The first-order chi connectivity index (χ1) is 9.49. The van der Waals surface area contributed by atoms with Crippen LogP contribution < -0.4 is 11.1 Å². The smallest absolute Gasteiger partial charge is 0.328 e. The number of hydrogen-bond donors (Lipinski definition) is 2. The maximum Gasteiger partial charge on any atom is 0.328 e. The van der Waals surface area contributed by atoms with E-state index in [4.69, 9.17) is 10.5 Å². The fraction of sp³-hybridized carbons (Fsp3) is 0.467. The molecule has 20 heavy (non-hydrogen) atoms. The van der Waals surface area contributed by atoms with E-state index in [-0.39, 0.29) is 11.8 Å². The highest BCUT2D eigenvalue weighted by Crippen LogP contribution is 2.08. The van der Waals surface area contributed by atoms with Crippen molar-refractivity contribution >= 4 is 11.9 Å². The second kappa shape index (κ2) is 7.65. The fourth-order valence-electron chi connectivity index (χ4n) is 1.84. The second-order valence-corrected chi connectivity index (χ2v) is 4.95. The molecule has 110 valence electrons. The topological polar surface area (TPSA) is 81.4 Å². The summed E-state index contributed by atoms with van der Waals surface area (Å²) in [6.45, 7) is 4.28. The van der Waals surface area contributed by atoms with Crippen molar-refractivity contribution in [2.45, 2.75) is 26.3 Å². The number of nitrogens with two attached hydrogens (primary N) is 1. The number of ether oxygens (including phenoxy) is 1. The summed E-state index contributed by atoms with van der Waals surface area (Å²) >= 11 is 0. The third-order valence-electron chi connectivity index (χ3n) is 3.06. The van der Waals surface area contributed by atoms with Gasteiger partial charge in [0, 0.05) is 5.56 Å². The van der Waals surface area contributed by atoms with Crippen molar-refractivity contribution in [3.8, 4) is 0 Å². The van der Waals surface area contributed by atoms with Gasteiger partial charge in [-0.1, -0.05) is 26.0 Å². The minimum Gasteiger partial charge on any atom is -0.467 e. The lowest BCUT2D eigenvalue weighted by Gasteiger charge is -2.19. The van der Waals surface area contributed by atoms with Crippen LogP contribution in [0.25, 0.3) is 0 Å². The molecule has 0 aliphatic heterocycles. The Morgan fingerprint density at radius 2 is 1.85 bits per heavy atom. The number of benzene rings is 1. The summed E-state index contributed by atoms with van der Waals surface area (Å²) < 4.78 is 4.69. The average Bonchev–Trinajstić information content (AvgIpc) is 2.44. The highest BCUT2D eigenvalue weighted by Gasteiger charge is 2.25. The van der Waals surface area contributed by atoms with Gasteiger partial charge in [-0.25, -0.2) is 4.79 Å². The molecule has 0 aliphatic carbocycles. The first kappa shape index (κ1) is 16.2. The summed E-state index contributed by atoms with van der Waals surface area (Å²) in [7, 11) is 1.31. The SMILES string of the molecule is COC(=O)[C@@H](NC(=O)c1ccc(CCN)cc1)C(C)C. The predicted molar refractivity (Wildman–Crippen MR) is 77.3 cm³/mol. The van der Waals surface area contributed by atoms with Gasteiger partial charge in [-0.3, -0.25) is 4.79 Å². The molecule has 5 heteroatoms. The Morgan fingerprint density at radius 1 is 1.25 bits per heavy atom. The molecule has 0 spiro atoms. The van der Waals surface area contributed by atoms with Crippen LogP contribution in [-0.4, -0.2) is 31.6 Å². The quantitative estimate of drug-likeness (QED) is 0.764. The number of carbonyl (C=O) groups is 2. The van der Waals surface area contributed by atoms with Crippen molar-refractivity contribution < 1.29 is 14.3 Å². The standard InChI is InChI=1S/C15H22N2O3/c1-10(2)13(15(19)20-3)17-14(18)12-6-4-11(5-7-12)8-9-16/h4-7,10,13H,8-9,16H2,1-3H3,(H,17,18)/t13-/m0/s1. The zero-order valence-corrected chi connectivity index (χ0v) is 12.2. The Labute approximate surface area is 119 Å². The van der Waals surface area contributed by atoms with E-state index in [1.807, 2.05) is 26.0 Å². The number of hydrogen-bond acceptors (Lipinski definition) is 4. The number of nitrogens with one attached hydrogen (secondary N) is 1. The van der Waals surface area contributed by atoms with Gasteiger partial charge in [0.1, 0.15) is 6.04 Å². The van der Waals surface area contributed by atoms with Crippen LogP contribution in [0.2, 0.25) is 0 Å². The molecule has 3 N–H and O–H groups in total. The Morgan fingerprint density at radius 3 is 2.30 bits per heavy atom. The lowest BCUT2D eigenvalue weighted by atomic mass is 10.0. The van der Waals surface area contributed by atoms with Crippen molar-refractivity contribution in [2.75, 3.05) is 13.7 Å². The third kappa shape index (κ3) is 4.35. The Hall–Kier alpha value is -1.88. The van der Waals surface area contributed by atoms with Gasteiger partial charge in [-0.15, -0.1) is 0 Å². The number of amides is 1. The van der Waals surface area contributed by atoms with E-state index in [1.54, 1.807) is 12.1 Å². The van der Waals surface area contributed by atoms with Crippen LogP contribution >= 0.6 is 0 Å². The number of carbonyl (C=O) groups excluding carboxylic acids is 2. The third-order valence-corrected chi connectivity index (χ3v) is 3.06. The van der Waals surface area contributed by atoms with E-state index in [1.165, 1.54) is 7.11 Å². The van der Waals surface area contributed by atoms with Crippen LogP contribution in [0.4, 0.5) is 0 Å². The van der Waals surface area contributed by atoms with Gasteiger partial charge in [0.25, 0.3) is 5.91 Å². The van der Waals surface area contributed by atoms with Gasteiger partial charge in [0.05, 0.1) is 7.11 Å². The van der Waals surface area contributed by atoms with Crippen LogP contribution in [0.1, 0.15) is 29.8 Å². The van der Waals surface area contributed by atoms with Crippen molar-refractivity contribution in [3.05, 3.63) is 35.4 Å². The maximum absolute atomic E-state index is 12.1. The Kier molecular flexibility index (Phi) is 6.18. The largest absolute Gasteiger partial charge is 0.467 e. The molecular formula is C15H22N2O3. The summed E-state index contributed by atoms with van der Waals surface area (Å²) in [6.07, 6.45) is 0.776. The van der Waals surface area contributed by atoms with Crippen molar-refractivity contribution in [3.63, 3.8) is 0 Å². The summed E-state index contributed by atoms with van der Waals surface area (Å²) in [6, 6.07) is 6.55. The monoisotopic (exact) mass is 278 g/mol. The highest BCUT2D eigenvalue weighted by molar-refractivity contribution is 5.96. The van der Waals surface area contributed by atoms with Crippen LogP contribution in [0.5, 0.6) is 0 Å². The molecule has 0 saturated heterocycles. The average molecular weight is 278 g/mol. The predicted octanol–water partition coefficient (Wildman–Crippen LogP) is 1.12. The van der Waals surface area contributed by atoms with Gasteiger partial charge >= 0.3 is 5.97 Å². The summed E-state index contributed by atoms with van der Waals surface area (Å²) in [5.41, 5.74) is 7.07. The Bertz CT molecular complexity index is 455. The molecule has 5 nitrogen and oxygen atoms in total. The van der Waals surface area contributed by atoms with Gasteiger partial charge in [-0.2, -0.15) is 0 Å². The summed E-state index contributed by atoms with van der Waals surface area (Å²) in [5.74, 6) is -0.760. The van der Waals surface area contributed by atoms with Crippen LogP contribution in [0.3, 0.4) is 0 Å². The summed E-state index contributed by atoms with van der Waals surface area (Å²) in [4.78, 5) is 23.7. The lowest BCUT2D eigenvalue weighted by molar-refractivity contribution is -0.144. The molecule has 1 atom stereocenters. The molecule has 1 amide bonds. The molecule has 1 aromatic carbocycles. The molecule has 0 aromatic heterocycles. The minimum absolute atomic E-state index is 0.0390. The Balaban J connectivity index is 2.76. The van der Waals surface area contributed by atoms with E-state index in [0.29, 0.717) is 12.1 Å². The van der Waals surface area contributed by atoms with Gasteiger partial charge < -0.3 is 15.8 Å². The summed E-state index contributed by atoms with van der Waals surface area (Å²) in [5, 5.41) is 2.70. The van der Waals surface area contributed by atoms with Crippen molar-refractivity contribution in [1.82, 2.24) is 5.32 Å². The molecule has 0 aliphatic rings. The molecule has 0 heterocycles. The number of methoxy groups -OCH3 is 1. The van der Waals surface area contributed by atoms with Gasteiger partial charge in [0.15, 0.2) is 0 Å². The number of esters is 1.